The van der Waals surface area contributed by atoms with Crippen molar-refractivity contribution >= 4 is 23.5 Å². The van der Waals surface area contributed by atoms with Gasteiger partial charge in [-0.3, -0.25) is 4.79 Å². The number of nitrogens with zero attached hydrogens (tertiary/aromatic N) is 1. The number of ether oxygens (including phenoxy) is 3. The van der Waals surface area contributed by atoms with Gasteiger partial charge in [0.15, 0.2) is 6.61 Å². The van der Waals surface area contributed by atoms with Crippen LogP contribution in [0.2, 0.25) is 5.02 Å². The molecule has 2 saturated heterocycles. The number of carbonyl (C=O) groups is 2. The van der Waals surface area contributed by atoms with Crippen LogP contribution in [0.4, 0.5) is 0 Å². The third-order valence-corrected chi connectivity index (χ3v) is 7.38. The molecule has 0 bridgehead atoms. The van der Waals surface area contributed by atoms with Gasteiger partial charge in [0.2, 0.25) is 0 Å². The maximum Gasteiger partial charge on any atom is 0.341 e. The van der Waals surface area contributed by atoms with Gasteiger partial charge in [0.05, 0.1) is 18.2 Å². The Kier molecular flexibility index (Phi) is 5.94. The fourth-order valence-corrected chi connectivity index (χ4v) is 5.72. The summed E-state index contributed by atoms with van der Waals surface area (Å²) in [6.45, 7) is 4.34. The largest absolute Gasteiger partial charge is 0.487 e. The number of carboxylic acid groups (broad SMARTS) is 1. The highest BCUT2D eigenvalue weighted by molar-refractivity contribution is 6.30. The van der Waals surface area contributed by atoms with Gasteiger partial charge in [0.1, 0.15) is 17.1 Å². The topological polar surface area (TPSA) is 85.3 Å². The van der Waals surface area contributed by atoms with Crippen molar-refractivity contribution in [2.45, 2.75) is 57.0 Å². The summed E-state index contributed by atoms with van der Waals surface area (Å²) in [5, 5.41) is 9.52. The first-order valence-corrected chi connectivity index (χ1v) is 12.0. The lowest BCUT2D eigenvalue weighted by molar-refractivity contribution is -0.183. The first kappa shape index (κ1) is 23.0. The average molecular weight is 486 g/mol. The van der Waals surface area contributed by atoms with Gasteiger partial charge in [-0.15, -0.1) is 0 Å². The van der Waals surface area contributed by atoms with Gasteiger partial charge < -0.3 is 24.2 Å². The van der Waals surface area contributed by atoms with Gasteiger partial charge in [0.25, 0.3) is 5.91 Å². The van der Waals surface area contributed by atoms with E-state index in [9.17, 15) is 9.59 Å². The molecule has 0 aromatic heterocycles. The van der Waals surface area contributed by atoms with E-state index in [-0.39, 0.29) is 30.1 Å². The quantitative estimate of drug-likeness (QED) is 0.674. The monoisotopic (exact) mass is 485 g/mol. The molecule has 2 aromatic carbocycles. The summed E-state index contributed by atoms with van der Waals surface area (Å²) in [6, 6.07) is 12.3. The van der Waals surface area contributed by atoms with Crippen molar-refractivity contribution in [3.05, 3.63) is 58.6 Å². The predicted octanol–water partition coefficient (Wildman–Crippen LogP) is 4.73. The molecule has 0 spiro atoms. The van der Waals surface area contributed by atoms with E-state index >= 15 is 0 Å². The van der Waals surface area contributed by atoms with Crippen LogP contribution in [-0.2, 0) is 9.53 Å². The molecule has 0 aliphatic carbocycles. The number of likely N-dealkylation sites (tertiary alicyclic amines) is 1. The first-order valence-electron chi connectivity index (χ1n) is 11.6. The number of rotatable bonds is 4. The minimum Gasteiger partial charge on any atom is -0.487 e. The van der Waals surface area contributed by atoms with Crippen molar-refractivity contribution in [1.29, 1.82) is 0 Å². The van der Waals surface area contributed by atoms with Crippen LogP contribution in [0, 0.1) is 5.92 Å². The molecular formula is C26H28ClNO6. The van der Waals surface area contributed by atoms with E-state index in [4.69, 9.17) is 30.9 Å². The Bertz CT molecular complexity index is 1120. The van der Waals surface area contributed by atoms with Crippen molar-refractivity contribution < 1.29 is 28.9 Å². The Morgan fingerprint density at radius 2 is 2.06 bits per heavy atom. The van der Waals surface area contributed by atoms with Gasteiger partial charge in [-0.2, -0.15) is 0 Å². The number of amides is 1. The average Bonchev–Trinajstić information content (AvgIpc) is 2.81. The highest BCUT2D eigenvalue weighted by atomic mass is 35.5. The summed E-state index contributed by atoms with van der Waals surface area (Å²) < 4.78 is 18.3. The van der Waals surface area contributed by atoms with E-state index in [1.165, 1.54) is 0 Å². The molecule has 3 aliphatic rings. The van der Waals surface area contributed by atoms with E-state index < -0.39 is 18.2 Å². The molecule has 4 atom stereocenters. The Hall–Kier alpha value is -2.77. The predicted molar refractivity (Wildman–Crippen MR) is 126 cm³/mol. The summed E-state index contributed by atoms with van der Waals surface area (Å²) >= 11 is 6.29. The molecule has 3 aliphatic heterocycles. The minimum absolute atomic E-state index is 0.0540. The molecule has 0 unspecified atom stereocenters. The summed E-state index contributed by atoms with van der Waals surface area (Å²) in [7, 11) is 0. The summed E-state index contributed by atoms with van der Waals surface area (Å²) in [5.74, 6) is 0.0478. The van der Waals surface area contributed by atoms with Crippen LogP contribution >= 0.6 is 11.6 Å². The number of aliphatic carboxylic acids is 1. The number of hydrogen-bond donors (Lipinski definition) is 1. The van der Waals surface area contributed by atoms with Crippen molar-refractivity contribution in [1.82, 2.24) is 4.90 Å². The number of carbonyl (C=O) groups excluding carboxylic acids is 1. The second kappa shape index (κ2) is 8.78. The van der Waals surface area contributed by atoms with Crippen LogP contribution in [-0.4, -0.2) is 52.8 Å². The Balaban J connectivity index is 1.41. The molecule has 0 saturated carbocycles. The molecule has 7 nitrogen and oxygen atoms in total. The van der Waals surface area contributed by atoms with E-state index in [1.807, 2.05) is 23.1 Å². The zero-order chi connectivity index (χ0) is 24.0. The molecule has 1 amide bonds. The van der Waals surface area contributed by atoms with Crippen LogP contribution < -0.4 is 9.47 Å². The van der Waals surface area contributed by atoms with Gasteiger partial charge in [-0.05, 0) is 69.5 Å². The van der Waals surface area contributed by atoms with E-state index in [0.29, 0.717) is 22.9 Å². The van der Waals surface area contributed by atoms with Crippen molar-refractivity contribution in [3.63, 3.8) is 0 Å². The summed E-state index contributed by atoms with van der Waals surface area (Å²) in [4.78, 5) is 26.3. The van der Waals surface area contributed by atoms with Crippen molar-refractivity contribution in [2.75, 3.05) is 13.2 Å². The number of benzene rings is 2. The van der Waals surface area contributed by atoms with E-state index in [1.54, 1.807) is 24.3 Å². The summed E-state index contributed by atoms with van der Waals surface area (Å²) in [5.41, 5.74) is 0.983. The number of piperidine rings is 1. The zero-order valence-corrected chi connectivity index (χ0v) is 20.0. The molecule has 2 fully saturated rings. The molecule has 8 heteroatoms. The number of halogens is 1. The Labute approximate surface area is 203 Å². The maximum absolute atomic E-state index is 13.6. The number of carboxylic acids is 1. The van der Waals surface area contributed by atoms with Crippen molar-refractivity contribution in [3.8, 4) is 11.5 Å². The molecule has 3 heterocycles. The molecule has 180 valence electrons. The van der Waals surface area contributed by atoms with Gasteiger partial charge in [0, 0.05) is 28.6 Å². The molecular weight excluding hydrogens is 458 g/mol. The van der Waals surface area contributed by atoms with Crippen molar-refractivity contribution in [2.24, 2.45) is 5.92 Å². The minimum atomic E-state index is -1.07. The Morgan fingerprint density at radius 1 is 1.24 bits per heavy atom. The summed E-state index contributed by atoms with van der Waals surface area (Å²) in [6.07, 6.45) is 2.28. The van der Waals surface area contributed by atoms with Gasteiger partial charge >= 0.3 is 5.97 Å². The van der Waals surface area contributed by atoms with Gasteiger partial charge in [-0.1, -0.05) is 17.7 Å². The lowest BCUT2D eigenvalue weighted by Crippen LogP contribution is -2.60. The third kappa shape index (κ3) is 4.23. The second-order valence-electron chi connectivity index (χ2n) is 9.74. The third-order valence-electron chi connectivity index (χ3n) is 7.15. The first-order chi connectivity index (χ1) is 16.2. The lowest BCUT2D eigenvalue weighted by Gasteiger charge is -2.54. The maximum atomic E-state index is 13.6. The molecule has 1 N–H and O–H groups in total. The van der Waals surface area contributed by atoms with E-state index in [0.717, 1.165) is 30.6 Å². The zero-order valence-electron chi connectivity index (χ0n) is 19.2. The second-order valence-corrected chi connectivity index (χ2v) is 10.2. The van der Waals surface area contributed by atoms with Crippen LogP contribution in [0.3, 0.4) is 0 Å². The fourth-order valence-electron chi connectivity index (χ4n) is 5.54. The number of hydrogen-bond acceptors (Lipinski definition) is 5. The molecule has 34 heavy (non-hydrogen) atoms. The molecule has 2 aromatic rings. The SMILES string of the molecule is CC1(C)Oc2ccc(Cl)cc2[C@@H]2O[C@@H]3CCCN(C(=O)c4cccc(OCC(=O)O)c4)[C@@H]3C[C@H]21. The normalized spacial score (nSPS) is 27.0. The highest BCUT2D eigenvalue weighted by Gasteiger charge is 2.52. The van der Waals surface area contributed by atoms with Crippen LogP contribution in [0.5, 0.6) is 11.5 Å². The van der Waals surface area contributed by atoms with Crippen LogP contribution in [0.15, 0.2) is 42.5 Å². The van der Waals surface area contributed by atoms with Gasteiger partial charge in [-0.25, -0.2) is 4.79 Å². The van der Waals surface area contributed by atoms with E-state index in [2.05, 4.69) is 13.8 Å². The molecule has 5 rings (SSSR count). The molecule has 0 radical (unpaired) electrons. The fraction of sp³-hybridized carbons (Fsp3) is 0.462. The Morgan fingerprint density at radius 3 is 2.85 bits per heavy atom. The highest BCUT2D eigenvalue weighted by Crippen LogP contribution is 2.52. The lowest BCUT2D eigenvalue weighted by atomic mass is 9.72. The van der Waals surface area contributed by atoms with Crippen LogP contribution in [0.1, 0.15) is 55.1 Å². The smallest absolute Gasteiger partial charge is 0.341 e. The number of fused-ring (bicyclic) bond motifs is 4. The van der Waals surface area contributed by atoms with Crippen LogP contribution in [0.25, 0.3) is 0 Å². The standard InChI is InChI=1S/C26H28ClNO6/c1-26(2)19-13-20-22(33-24(19)18-12-16(27)8-9-21(18)34-26)7-4-10-28(20)25(31)15-5-3-6-17(11-15)32-14-23(29)30/h3,5-6,8-9,11-12,19-20,22,24H,4,7,10,13-14H2,1-2H3,(H,29,30)/t19-,20-,22-,24+/m1/s1.